The Kier molecular flexibility index (Phi) is 2.82. The fraction of sp³-hybridized carbons (Fsp3) is 0.100. The monoisotopic (exact) mass is 236 g/mol. The quantitative estimate of drug-likeness (QED) is 0.885. The van der Waals surface area contributed by atoms with Crippen molar-refractivity contribution in [3.8, 4) is 11.6 Å². The molecule has 0 saturated heterocycles. The number of carboxylic acids is 1. The Hall–Kier alpha value is -1.95. The summed E-state index contributed by atoms with van der Waals surface area (Å²) in [7, 11) is 0. The summed E-state index contributed by atoms with van der Waals surface area (Å²) >= 11 is 1.11. The number of hydrogen-bond acceptors (Lipinski definition) is 5. The zero-order valence-corrected chi connectivity index (χ0v) is 9.19. The van der Waals surface area contributed by atoms with Gasteiger partial charge in [0, 0.05) is 17.5 Å². The number of carbonyl (C=O) groups is 1. The molecule has 0 bridgehead atoms. The van der Waals surface area contributed by atoms with Crippen molar-refractivity contribution < 1.29 is 14.6 Å². The van der Waals surface area contributed by atoms with E-state index in [9.17, 15) is 4.79 Å². The second-order valence-corrected chi connectivity index (χ2v) is 3.98. The molecule has 0 saturated carbocycles. The lowest BCUT2D eigenvalue weighted by molar-refractivity contribution is 0.0702. The van der Waals surface area contributed by atoms with Crippen LogP contribution in [-0.4, -0.2) is 21.3 Å². The molecule has 82 valence electrons. The van der Waals surface area contributed by atoms with Crippen LogP contribution in [0.1, 0.15) is 15.4 Å². The largest absolute Gasteiger partial charge is 0.477 e. The Balaban J connectivity index is 2.14. The standard InChI is InChI=1S/C10H8N2O3S/c1-6-2-3-9(12-11-6)15-7-4-8(10(13)14)16-5-7/h2-5H,1H3,(H,13,14). The lowest BCUT2D eigenvalue weighted by Crippen LogP contribution is -1.92. The highest BCUT2D eigenvalue weighted by molar-refractivity contribution is 7.12. The van der Waals surface area contributed by atoms with Gasteiger partial charge in [0.2, 0.25) is 5.88 Å². The molecule has 2 aromatic rings. The van der Waals surface area contributed by atoms with E-state index < -0.39 is 5.97 Å². The maximum absolute atomic E-state index is 10.6. The molecule has 0 aliphatic carbocycles. The molecule has 2 aromatic heterocycles. The van der Waals surface area contributed by atoms with E-state index in [1.807, 2.05) is 6.92 Å². The number of aryl methyl sites for hydroxylation is 1. The average Bonchev–Trinajstić information content (AvgIpc) is 2.70. The van der Waals surface area contributed by atoms with Gasteiger partial charge in [0.1, 0.15) is 10.6 Å². The van der Waals surface area contributed by atoms with Gasteiger partial charge in [-0.3, -0.25) is 0 Å². The normalized spacial score (nSPS) is 10.1. The minimum atomic E-state index is -0.963. The molecule has 2 rings (SSSR count). The van der Waals surface area contributed by atoms with Crippen LogP contribution in [0.15, 0.2) is 23.6 Å². The first kappa shape index (κ1) is 10.6. The predicted molar refractivity (Wildman–Crippen MR) is 58.1 cm³/mol. The third kappa shape index (κ3) is 2.34. The first-order valence-corrected chi connectivity index (χ1v) is 5.33. The smallest absolute Gasteiger partial charge is 0.346 e. The van der Waals surface area contributed by atoms with Crippen LogP contribution in [-0.2, 0) is 0 Å². The number of aromatic nitrogens is 2. The lowest BCUT2D eigenvalue weighted by Gasteiger charge is -2.00. The first-order chi connectivity index (χ1) is 7.65. The Labute approximate surface area is 95.3 Å². The fourth-order valence-electron chi connectivity index (χ4n) is 1.05. The van der Waals surface area contributed by atoms with Crippen LogP contribution in [0.5, 0.6) is 11.6 Å². The molecule has 0 unspecified atom stereocenters. The summed E-state index contributed by atoms with van der Waals surface area (Å²) < 4.78 is 5.34. The summed E-state index contributed by atoms with van der Waals surface area (Å²) in [6, 6.07) is 4.90. The summed E-state index contributed by atoms with van der Waals surface area (Å²) in [6.07, 6.45) is 0. The molecular formula is C10H8N2O3S. The molecule has 16 heavy (non-hydrogen) atoms. The minimum Gasteiger partial charge on any atom is -0.477 e. The van der Waals surface area contributed by atoms with Crippen LogP contribution >= 0.6 is 11.3 Å². The van der Waals surface area contributed by atoms with Crippen molar-refractivity contribution in [2.75, 3.05) is 0 Å². The SMILES string of the molecule is Cc1ccc(Oc2csc(C(=O)O)c2)nn1. The summed E-state index contributed by atoms with van der Waals surface area (Å²) in [5, 5.41) is 18.0. The lowest BCUT2D eigenvalue weighted by atomic mass is 10.4. The van der Waals surface area contributed by atoms with E-state index in [-0.39, 0.29) is 4.88 Å². The zero-order chi connectivity index (χ0) is 11.5. The van der Waals surface area contributed by atoms with Crippen LogP contribution in [0.4, 0.5) is 0 Å². The highest BCUT2D eigenvalue weighted by Crippen LogP contribution is 2.25. The molecule has 0 amide bonds. The molecule has 1 N–H and O–H groups in total. The second kappa shape index (κ2) is 4.28. The van der Waals surface area contributed by atoms with Crippen molar-refractivity contribution in [3.63, 3.8) is 0 Å². The number of thiophene rings is 1. The molecule has 0 aliphatic heterocycles. The van der Waals surface area contributed by atoms with Gasteiger partial charge >= 0.3 is 5.97 Å². The van der Waals surface area contributed by atoms with Gasteiger partial charge in [0.15, 0.2) is 0 Å². The van der Waals surface area contributed by atoms with Crippen molar-refractivity contribution in [2.45, 2.75) is 6.92 Å². The van der Waals surface area contributed by atoms with Crippen molar-refractivity contribution in [1.82, 2.24) is 10.2 Å². The van der Waals surface area contributed by atoms with Gasteiger partial charge in [-0.15, -0.1) is 16.4 Å². The molecule has 5 nitrogen and oxygen atoms in total. The molecule has 0 atom stereocenters. The number of hydrogen-bond donors (Lipinski definition) is 1. The van der Waals surface area contributed by atoms with Gasteiger partial charge in [0.25, 0.3) is 0 Å². The topological polar surface area (TPSA) is 72.3 Å². The highest BCUT2D eigenvalue weighted by Gasteiger charge is 2.08. The maximum atomic E-state index is 10.6. The second-order valence-electron chi connectivity index (χ2n) is 3.07. The van der Waals surface area contributed by atoms with E-state index in [4.69, 9.17) is 9.84 Å². The molecule has 6 heteroatoms. The minimum absolute atomic E-state index is 0.232. The Morgan fingerprint density at radius 2 is 2.25 bits per heavy atom. The van der Waals surface area contributed by atoms with Gasteiger partial charge in [-0.2, -0.15) is 5.10 Å². The van der Waals surface area contributed by atoms with Crippen LogP contribution in [0.3, 0.4) is 0 Å². The fourth-order valence-corrected chi connectivity index (χ4v) is 1.69. The number of rotatable bonds is 3. The van der Waals surface area contributed by atoms with E-state index in [1.54, 1.807) is 17.5 Å². The van der Waals surface area contributed by atoms with Gasteiger partial charge in [-0.1, -0.05) is 0 Å². The van der Waals surface area contributed by atoms with Crippen LogP contribution in [0.2, 0.25) is 0 Å². The Morgan fingerprint density at radius 3 is 2.81 bits per heavy atom. The highest BCUT2D eigenvalue weighted by atomic mass is 32.1. The summed E-state index contributed by atoms with van der Waals surface area (Å²) in [5.41, 5.74) is 0.795. The zero-order valence-electron chi connectivity index (χ0n) is 8.38. The maximum Gasteiger partial charge on any atom is 0.346 e. The summed E-state index contributed by atoms with van der Waals surface area (Å²) in [6.45, 7) is 1.82. The molecule has 0 spiro atoms. The van der Waals surface area contributed by atoms with Crippen LogP contribution < -0.4 is 4.74 Å². The third-order valence-electron chi connectivity index (χ3n) is 1.78. The number of aromatic carboxylic acids is 1. The summed E-state index contributed by atoms with van der Waals surface area (Å²) in [4.78, 5) is 10.9. The van der Waals surface area contributed by atoms with Crippen molar-refractivity contribution in [2.24, 2.45) is 0 Å². The van der Waals surface area contributed by atoms with Gasteiger partial charge in [-0.25, -0.2) is 4.79 Å². The average molecular weight is 236 g/mol. The molecule has 2 heterocycles. The van der Waals surface area contributed by atoms with E-state index in [0.717, 1.165) is 17.0 Å². The van der Waals surface area contributed by atoms with Crippen LogP contribution in [0.25, 0.3) is 0 Å². The molecule has 0 aromatic carbocycles. The molecule has 0 radical (unpaired) electrons. The van der Waals surface area contributed by atoms with E-state index in [1.165, 1.54) is 6.07 Å². The molecule has 0 aliphatic rings. The van der Waals surface area contributed by atoms with Crippen molar-refractivity contribution >= 4 is 17.3 Å². The molecule has 0 fully saturated rings. The Bertz CT molecular complexity index is 507. The molecular weight excluding hydrogens is 228 g/mol. The number of ether oxygens (including phenoxy) is 1. The van der Waals surface area contributed by atoms with Gasteiger partial charge in [-0.05, 0) is 13.0 Å². The number of carboxylic acid groups (broad SMARTS) is 1. The van der Waals surface area contributed by atoms with Crippen molar-refractivity contribution in [3.05, 3.63) is 34.2 Å². The Morgan fingerprint density at radius 1 is 1.44 bits per heavy atom. The van der Waals surface area contributed by atoms with Gasteiger partial charge < -0.3 is 9.84 Å². The first-order valence-electron chi connectivity index (χ1n) is 4.45. The van der Waals surface area contributed by atoms with E-state index >= 15 is 0 Å². The van der Waals surface area contributed by atoms with Gasteiger partial charge in [0.05, 0.1) is 5.69 Å². The van der Waals surface area contributed by atoms with E-state index in [0.29, 0.717) is 11.6 Å². The number of nitrogens with zero attached hydrogens (tertiary/aromatic N) is 2. The van der Waals surface area contributed by atoms with Crippen LogP contribution in [0, 0.1) is 6.92 Å². The summed E-state index contributed by atoms with van der Waals surface area (Å²) in [5.74, 6) is -0.157. The third-order valence-corrected chi connectivity index (χ3v) is 2.68. The van der Waals surface area contributed by atoms with E-state index in [2.05, 4.69) is 10.2 Å². The predicted octanol–water partition coefficient (Wildman–Crippen LogP) is 2.34. The van der Waals surface area contributed by atoms with Crippen molar-refractivity contribution in [1.29, 1.82) is 0 Å².